The van der Waals surface area contributed by atoms with Crippen LogP contribution in [-0.4, -0.2) is 23.9 Å². The van der Waals surface area contributed by atoms with Gasteiger partial charge in [-0.3, -0.25) is 9.69 Å². The van der Waals surface area contributed by atoms with Crippen LogP contribution in [0.2, 0.25) is 5.02 Å². The lowest BCUT2D eigenvalue weighted by molar-refractivity contribution is -0.121. The fraction of sp³-hybridized carbons (Fsp3) is 0.409. The highest BCUT2D eigenvalue weighted by molar-refractivity contribution is 6.31. The zero-order chi connectivity index (χ0) is 18.5. The first kappa shape index (κ1) is 18.9. The van der Waals surface area contributed by atoms with Crippen LogP contribution in [0.15, 0.2) is 42.5 Å². The number of carbonyl (C=O) groups excluding carboxylic acids is 1. The summed E-state index contributed by atoms with van der Waals surface area (Å²) >= 11 is 6.29. The van der Waals surface area contributed by atoms with Crippen LogP contribution in [0.1, 0.15) is 36.5 Å². The maximum absolute atomic E-state index is 12.9. The number of halogens is 1. The molecular formula is C22H27ClN2O. The van der Waals surface area contributed by atoms with Gasteiger partial charge in [0, 0.05) is 23.8 Å². The molecule has 138 valence electrons. The number of nitrogens with one attached hydrogen (secondary N) is 1. The Labute approximate surface area is 161 Å². The molecule has 0 unspecified atom stereocenters. The Morgan fingerprint density at radius 2 is 1.96 bits per heavy atom. The van der Waals surface area contributed by atoms with Crippen LogP contribution in [-0.2, 0) is 17.8 Å². The fourth-order valence-corrected chi connectivity index (χ4v) is 3.90. The summed E-state index contributed by atoms with van der Waals surface area (Å²) in [5.41, 5.74) is 4.44. The zero-order valence-electron chi connectivity index (χ0n) is 15.6. The lowest BCUT2D eigenvalue weighted by Gasteiger charge is -2.32. The maximum atomic E-state index is 12.9. The van der Waals surface area contributed by atoms with E-state index in [0.717, 1.165) is 60.7 Å². The lowest BCUT2D eigenvalue weighted by Crippen LogP contribution is -2.40. The van der Waals surface area contributed by atoms with Crippen LogP contribution >= 0.6 is 11.6 Å². The predicted molar refractivity (Wildman–Crippen MR) is 109 cm³/mol. The van der Waals surface area contributed by atoms with E-state index >= 15 is 0 Å². The molecule has 26 heavy (non-hydrogen) atoms. The van der Waals surface area contributed by atoms with E-state index in [4.69, 9.17) is 11.6 Å². The van der Waals surface area contributed by atoms with Gasteiger partial charge in [-0.1, -0.05) is 54.9 Å². The number of carbonyl (C=O) groups is 1. The minimum atomic E-state index is 0.0237. The molecule has 1 heterocycles. The lowest BCUT2D eigenvalue weighted by atomic mass is 9.96. The number of likely N-dealkylation sites (tertiary alicyclic amines) is 1. The molecular weight excluding hydrogens is 344 g/mol. The van der Waals surface area contributed by atoms with Gasteiger partial charge < -0.3 is 5.32 Å². The number of piperidine rings is 1. The maximum Gasteiger partial charge on any atom is 0.228 e. The largest absolute Gasteiger partial charge is 0.325 e. The molecule has 4 heteroatoms. The third-order valence-corrected chi connectivity index (χ3v) is 5.59. The molecule has 2 aromatic carbocycles. The smallest absolute Gasteiger partial charge is 0.228 e. The van der Waals surface area contributed by atoms with Crippen molar-refractivity contribution in [1.82, 2.24) is 4.90 Å². The molecule has 1 aliphatic rings. The van der Waals surface area contributed by atoms with Crippen molar-refractivity contribution >= 4 is 23.2 Å². The van der Waals surface area contributed by atoms with E-state index in [9.17, 15) is 4.79 Å². The van der Waals surface area contributed by atoms with Crippen LogP contribution in [0.25, 0.3) is 0 Å². The Kier molecular flexibility index (Phi) is 6.33. The van der Waals surface area contributed by atoms with E-state index in [1.54, 1.807) is 0 Å². The minimum Gasteiger partial charge on any atom is -0.325 e. The average molecular weight is 371 g/mol. The molecule has 0 radical (unpaired) electrons. The van der Waals surface area contributed by atoms with Crippen LogP contribution in [0.5, 0.6) is 0 Å². The standard InChI is InChI=1S/C22H27ClN2O/c1-3-17-10-6-8-16(2)21(17)24-22(26)19-11-7-13-25(15-19)14-18-9-4-5-12-20(18)23/h4-6,8-10,12,19H,3,7,11,13-15H2,1-2H3,(H,24,26)/t19-/m1/s1. The molecule has 3 nitrogen and oxygen atoms in total. The van der Waals surface area contributed by atoms with Gasteiger partial charge in [0.05, 0.1) is 5.92 Å². The van der Waals surface area contributed by atoms with E-state index in [0.29, 0.717) is 0 Å². The molecule has 1 saturated heterocycles. The molecule has 2 aromatic rings. The number of amides is 1. The number of aryl methyl sites for hydroxylation is 2. The molecule has 1 aliphatic heterocycles. The van der Waals surface area contributed by atoms with Crippen LogP contribution < -0.4 is 5.32 Å². The number of para-hydroxylation sites is 1. The zero-order valence-corrected chi connectivity index (χ0v) is 16.4. The second-order valence-corrected chi connectivity index (χ2v) is 7.52. The first-order chi connectivity index (χ1) is 12.6. The molecule has 1 amide bonds. The first-order valence-electron chi connectivity index (χ1n) is 9.43. The summed E-state index contributed by atoms with van der Waals surface area (Å²) in [4.78, 5) is 15.2. The molecule has 0 saturated carbocycles. The van der Waals surface area contributed by atoms with Crippen molar-refractivity contribution in [2.75, 3.05) is 18.4 Å². The molecule has 3 rings (SSSR count). The molecule has 0 aromatic heterocycles. The van der Waals surface area contributed by atoms with Gasteiger partial charge in [-0.15, -0.1) is 0 Å². The highest BCUT2D eigenvalue weighted by Gasteiger charge is 2.26. The van der Waals surface area contributed by atoms with E-state index in [1.807, 2.05) is 18.2 Å². The summed E-state index contributed by atoms with van der Waals surface area (Å²) < 4.78 is 0. The SMILES string of the molecule is CCc1cccc(C)c1NC(=O)[C@@H]1CCCN(Cc2ccccc2Cl)C1. The highest BCUT2D eigenvalue weighted by atomic mass is 35.5. The fourth-order valence-electron chi connectivity index (χ4n) is 3.71. The van der Waals surface area contributed by atoms with Crippen molar-refractivity contribution in [3.63, 3.8) is 0 Å². The summed E-state index contributed by atoms with van der Waals surface area (Å²) in [6, 6.07) is 14.1. The Hall–Kier alpha value is -1.84. The second kappa shape index (κ2) is 8.70. The second-order valence-electron chi connectivity index (χ2n) is 7.12. The third-order valence-electron chi connectivity index (χ3n) is 5.22. The molecule has 1 N–H and O–H groups in total. The Bertz CT molecular complexity index is 774. The van der Waals surface area contributed by atoms with E-state index in [1.165, 1.54) is 5.56 Å². The minimum absolute atomic E-state index is 0.0237. The highest BCUT2D eigenvalue weighted by Crippen LogP contribution is 2.25. The summed E-state index contributed by atoms with van der Waals surface area (Å²) in [6.45, 7) is 6.77. The third kappa shape index (κ3) is 4.46. The van der Waals surface area contributed by atoms with Crippen molar-refractivity contribution < 1.29 is 4.79 Å². The Morgan fingerprint density at radius 3 is 2.73 bits per heavy atom. The average Bonchev–Trinajstić information content (AvgIpc) is 2.65. The molecule has 1 atom stereocenters. The summed E-state index contributed by atoms with van der Waals surface area (Å²) in [5.74, 6) is 0.161. The van der Waals surface area contributed by atoms with Crippen molar-refractivity contribution in [3.8, 4) is 0 Å². The van der Waals surface area contributed by atoms with Gasteiger partial charge >= 0.3 is 0 Å². The van der Waals surface area contributed by atoms with Gasteiger partial charge in [0.1, 0.15) is 0 Å². The normalized spacial score (nSPS) is 17.9. The van der Waals surface area contributed by atoms with E-state index in [-0.39, 0.29) is 11.8 Å². The molecule has 1 fully saturated rings. The number of nitrogens with zero attached hydrogens (tertiary/aromatic N) is 1. The van der Waals surface area contributed by atoms with Crippen LogP contribution in [0.4, 0.5) is 5.69 Å². The number of anilines is 1. The Balaban J connectivity index is 1.66. The van der Waals surface area contributed by atoms with Crippen LogP contribution in [0.3, 0.4) is 0 Å². The molecule has 0 bridgehead atoms. The van der Waals surface area contributed by atoms with E-state index < -0.39 is 0 Å². The molecule has 0 aliphatic carbocycles. The van der Waals surface area contributed by atoms with Gasteiger partial charge in [-0.25, -0.2) is 0 Å². The number of hydrogen-bond donors (Lipinski definition) is 1. The number of hydrogen-bond acceptors (Lipinski definition) is 2. The Morgan fingerprint density at radius 1 is 1.19 bits per heavy atom. The van der Waals surface area contributed by atoms with Gasteiger partial charge in [0.25, 0.3) is 0 Å². The van der Waals surface area contributed by atoms with Crippen molar-refractivity contribution in [2.24, 2.45) is 5.92 Å². The monoisotopic (exact) mass is 370 g/mol. The van der Waals surface area contributed by atoms with Gasteiger partial charge in [-0.05, 0) is 55.5 Å². The first-order valence-corrected chi connectivity index (χ1v) is 9.81. The van der Waals surface area contributed by atoms with Gasteiger partial charge in [0.15, 0.2) is 0 Å². The number of rotatable bonds is 5. The topological polar surface area (TPSA) is 32.3 Å². The van der Waals surface area contributed by atoms with Crippen molar-refractivity contribution in [1.29, 1.82) is 0 Å². The van der Waals surface area contributed by atoms with Crippen molar-refractivity contribution in [2.45, 2.75) is 39.7 Å². The summed E-state index contributed by atoms with van der Waals surface area (Å²) in [6.07, 6.45) is 2.90. The predicted octanol–water partition coefficient (Wildman–Crippen LogP) is 5.06. The van der Waals surface area contributed by atoms with E-state index in [2.05, 4.69) is 48.3 Å². The number of benzene rings is 2. The van der Waals surface area contributed by atoms with Gasteiger partial charge in [-0.2, -0.15) is 0 Å². The van der Waals surface area contributed by atoms with Crippen LogP contribution in [0, 0.1) is 12.8 Å². The summed E-state index contributed by atoms with van der Waals surface area (Å²) in [5, 5.41) is 4.00. The summed E-state index contributed by atoms with van der Waals surface area (Å²) in [7, 11) is 0. The van der Waals surface area contributed by atoms with Crippen molar-refractivity contribution in [3.05, 3.63) is 64.2 Å². The molecule has 0 spiro atoms. The van der Waals surface area contributed by atoms with Gasteiger partial charge in [0.2, 0.25) is 5.91 Å². The quantitative estimate of drug-likeness (QED) is 0.797.